The molecule has 3 rings (SSSR count). The Hall–Kier alpha value is -1.35. The third kappa shape index (κ3) is 2.88. The Balaban J connectivity index is 1.54. The Morgan fingerprint density at radius 1 is 1.30 bits per heavy atom. The van der Waals surface area contributed by atoms with Crippen molar-refractivity contribution in [2.24, 2.45) is 5.92 Å². The van der Waals surface area contributed by atoms with Gasteiger partial charge in [0, 0.05) is 12.6 Å². The van der Waals surface area contributed by atoms with E-state index in [1.54, 1.807) is 0 Å². The molecule has 20 heavy (non-hydrogen) atoms. The molecule has 3 unspecified atom stereocenters. The SMILES string of the molecule is Cc1ccccc1CNC(=O)C1CC2CCCCC2N1. The molecule has 1 aliphatic carbocycles. The molecule has 0 radical (unpaired) electrons. The number of hydrogen-bond acceptors (Lipinski definition) is 2. The molecule has 3 atom stereocenters. The van der Waals surface area contributed by atoms with Crippen molar-refractivity contribution in [3.05, 3.63) is 35.4 Å². The van der Waals surface area contributed by atoms with Gasteiger partial charge in [-0.1, -0.05) is 37.1 Å². The third-order valence-corrected chi connectivity index (χ3v) is 4.89. The summed E-state index contributed by atoms with van der Waals surface area (Å²) in [4.78, 5) is 12.3. The summed E-state index contributed by atoms with van der Waals surface area (Å²) in [5.74, 6) is 0.889. The molecule has 1 amide bonds. The number of hydrogen-bond donors (Lipinski definition) is 2. The van der Waals surface area contributed by atoms with Gasteiger partial charge in [0.2, 0.25) is 5.91 Å². The number of carbonyl (C=O) groups is 1. The van der Waals surface area contributed by atoms with Gasteiger partial charge in [0.15, 0.2) is 0 Å². The van der Waals surface area contributed by atoms with Gasteiger partial charge in [-0.3, -0.25) is 4.79 Å². The fraction of sp³-hybridized carbons (Fsp3) is 0.588. The maximum Gasteiger partial charge on any atom is 0.237 e. The molecular formula is C17H24N2O. The number of nitrogens with one attached hydrogen (secondary N) is 2. The maximum absolute atomic E-state index is 12.3. The van der Waals surface area contributed by atoms with Crippen LogP contribution in [0.5, 0.6) is 0 Å². The van der Waals surface area contributed by atoms with Crippen LogP contribution in [0.1, 0.15) is 43.2 Å². The van der Waals surface area contributed by atoms with E-state index < -0.39 is 0 Å². The van der Waals surface area contributed by atoms with Crippen molar-refractivity contribution in [2.75, 3.05) is 0 Å². The molecule has 1 aromatic carbocycles. The standard InChI is InChI=1S/C17H24N2O/c1-12-6-2-3-8-14(12)11-18-17(20)16-10-13-7-4-5-9-15(13)19-16/h2-3,6,8,13,15-16,19H,4-5,7,9-11H2,1H3,(H,18,20). The average Bonchev–Trinajstić information content (AvgIpc) is 2.90. The zero-order chi connectivity index (χ0) is 13.9. The van der Waals surface area contributed by atoms with Crippen LogP contribution >= 0.6 is 0 Å². The fourth-order valence-corrected chi connectivity index (χ4v) is 3.64. The minimum atomic E-state index is 0.0205. The number of carbonyl (C=O) groups excluding carboxylic acids is 1. The van der Waals surface area contributed by atoms with Gasteiger partial charge in [0.25, 0.3) is 0 Å². The van der Waals surface area contributed by atoms with Crippen LogP contribution in [0.25, 0.3) is 0 Å². The lowest BCUT2D eigenvalue weighted by Crippen LogP contribution is -2.42. The summed E-state index contributed by atoms with van der Waals surface area (Å²) in [6, 6.07) is 8.83. The molecule has 3 heteroatoms. The van der Waals surface area contributed by atoms with E-state index in [1.165, 1.54) is 36.8 Å². The van der Waals surface area contributed by atoms with E-state index in [-0.39, 0.29) is 11.9 Å². The summed E-state index contributed by atoms with van der Waals surface area (Å²) in [5.41, 5.74) is 2.44. The van der Waals surface area contributed by atoms with E-state index in [9.17, 15) is 4.79 Å². The molecule has 1 saturated carbocycles. The van der Waals surface area contributed by atoms with E-state index >= 15 is 0 Å². The predicted molar refractivity (Wildman–Crippen MR) is 80.3 cm³/mol. The minimum Gasteiger partial charge on any atom is -0.351 e. The summed E-state index contributed by atoms with van der Waals surface area (Å²) in [6.07, 6.45) is 6.20. The van der Waals surface area contributed by atoms with Gasteiger partial charge >= 0.3 is 0 Å². The molecule has 1 aliphatic heterocycles. The average molecular weight is 272 g/mol. The Labute approximate surface area is 121 Å². The van der Waals surface area contributed by atoms with E-state index in [1.807, 2.05) is 12.1 Å². The molecule has 0 spiro atoms. The van der Waals surface area contributed by atoms with Crippen molar-refractivity contribution < 1.29 is 4.79 Å². The summed E-state index contributed by atoms with van der Waals surface area (Å²) in [6.45, 7) is 2.73. The van der Waals surface area contributed by atoms with Crippen molar-refractivity contribution in [1.29, 1.82) is 0 Å². The second-order valence-corrected chi connectivity index (χ2v) is 6.25. The third-order valence-electron chi connectivity index (χ3n) is 4.89. The monoisotopic (exact) mass is 272 g/mol. The highest BCUT2D eigenvalue weighted by atomic mass is 16.2. The second kappa shape index (κ2) is 5.96. The predicted octanol–water partition coefficient (Wildman–Crippen LogP) is 2.53. The first-order chi connectivity index (χ1) is 9.74. The molecule has 1 aromatic rings. The van der Waals surface area contributed by atoms with Crippen LogP contribution in [-0.2, 0) is 11.3 Å². The molecule has 3 nitrogen and oxygen atoms in total. The molecule has 0 aromatic heterocycles. The molecule has 0 bridgehead atoms. The van der Waals surface area contributed by atoms with Gasteiger partial charge in [-0.25, -0.2) is 0 Å². The van der Waals surface area contributed by atoms with Crippen LogP contribution in [0.3, 0.4) is 0 Å². The van der Waals surface area contributed by atoms with Crippen molar-refractivity contribution in [1.82, 2.24) is 10.6 Å². The summed E-state index contributed by atoms with van der Waals surface area (Å²) in [5, 5.41) is 6.62. The van der Waals surface area contributed by atoms with Gasteiger partial charge < -0.3 is 10.6 Å². The summed E-state index contributed by atoms with van der Waals surface area (Å²) < 4.78 is 0. The highest BCUT2D eigenvalue weighted by Crippen LogP contribution is 2.33. The second-order valence-electron chi connectivity index (χ2n) is 6.25. The Kier molecular flexibility index (Phi) is 4.06. The largest absolute Gasteiger partial charge is 0.351 e. The van der Waals surface area contributed by atoms with Crippen molar-refractivity contribution in [3.63, 3.8) is 0 Å². The molecule has 1 heterocycles. The van der Waals surface area contributed by atoms with Crippen molar-refractivity contribution in [2.45, 2.75) is 57.7 Å². The Morgan fingerprint density at radius 3 is 2.90 bits per heavy atom. The summed E-state index contributed by atoms with van der Waals surface area (Å²) in [7, 11) is 0. The lowest BCUT2D eigenvalue weighted by atomic mass is 9.85. The minimum absolute atomic E-state index is 0.0205. The van der Waals surface area contributed by atoms with Crippen molar-refractivity contribution >= 4 is 5.91 Å². The van der Waals surface area contributed by atoms with Crippen LogP contribution in [-0.4, -0.2) is 18.0 Å². The van der Waals surface area contributed by atoms with Crippen LogP contribution in [0.4, 0.5) is 0 Å². The van der Waals surface area contributed by atoms with Crippen molar-refractivity contribution in [3.8, 4) is 0 Å². The molecule has 2 N–H and O–H groups in total. The fourth-order valence-electron chi connectivity index (χ4n) is 3.64. The maximum atomic E-state index is 12.3. The number of benzene rings is 1. The van der Waals surface area contributed by atoms with Gasteiger partial charge in [-0.05, 0) is 43.2 Å². The molecule has 1 saturated heterocycles. The lowest BCUT2D eigenvalue weighted by molar-refractivity contribution is -0.123. The van der Waals surface area contributed by atoms with E-state index in [2.05, 4.69) is 29.7 Å². The highest BCUT2D eigenvalue weighted by Gasteiger charge is 2.37. The van der Waals surface area contributed by atoms with Gasteiger partial charge in [0.05, 0.1) is 6.04 Å². The summed E-state index contributed by atoms with van der Waals surface area (Å²) >= 11 is 0. The Bertz CT molecular complexity index is 472. The zero-order valence-corrected chi connectivity index (χ0v) is 12.2. The first-order valence-electron chi connectivity index (χ1n) is 7.82. The molecular weight excluding hydrogens is 248 g/mol. The number of fused-ring (bicyclic) bond motifs is 1. The normalized spacial score (nSPS) is 28.9. The molecule has 2 aliphatic rings. The topological polar surface area (TPSA) is 41.1 Å². The van der Waals surface area contributed by atoms with E-state index in [0.717, 1.165) is 12.3 Å². The first kappa shape index (κ1) is 13.6. The number of amides is 1. The zero-order valence-electron chi connectivity index (χ0n) is 12.2. The highest BCUT2D eigenvalue weighted by molar-refractivity contribution is 5.82. The molecule has 2 fully saturated rings. The molecule has 108 valence electrons. The number of aryl methyl sites for hydroxylation is 1. The number of rotatable bonds is 3. The van der Waals surface area contributed by atoms with Crippen LogP contribution in [0, 0.1) is 12.8 Å². The van der Waals surface area contributed by atoms with Gasteiger partial charge in [0.1, 0.15) is 0 Å². The van der Waals surface area contributed by atoms with E-state index in [0.29, 0.717) is 12.6 Å². The lowest BCUT2D eigenvalue weighted by Gasteiger charge is -2.24. The Morgan fingerprint density at radius 2 is 2.10 bits per heavy atom. The first-order valence-corrected chi connectivity index (χ1v) is 7.82. The van der Waals surface area contributed by atoms with Crippen LogP contribution in [0.2, 0.25) is 0 Å². The van der Waals surface area contributed by atoms with Crippen LogP contribution in [0.15, 0.2) is 24.3 Å². The van der Waals surface area contributed by atoms with Crippen LogP contribution < -0.4 is 10.6 Å². The van der Waals surface area contributed by atoms with E-state index in [4.69, 9.17) is 0 Å². The van der Waals surface area contributed by atoms with Gasteiger partial charge in [-0.15, -0.1) is 0 Å². The quantitative estimate of drug-likeness (QED) is 0.888. The smallest absolute Gasteiger partial charge is 0.237 e. The van der Waals surface area contributed by atoms with Gasteiger partial charge in [-0.2, -0.15) is 0 Å².